The van der Waals surface area contributed by atoms with Crippen molar-refractivity contribution in [1.82, 2.24) is 14.9 Å². The van der Waals surface area contributed by atoms with E-state index in [1.807, 2.05) is 43.3 Å². The summed E-state index contributed by atoms with van der Waals surface area (Å²) in [7, 11) is -3.50. The predicted octanol–water partition coefficient (Wildman–Crippen LogP) is 3.96. The Morgan fingerprint density at radius 3 is 2.25 bits per heavy atom. The van der Waals surface area contributed by atoms with Crippen molar-refractivity contribution in [3.05, 3.63) is 71.1 Å². The number of rotatable bonds is 6. The van der Waals surface area contributed by atoms with Crippen molar-refractivity contribution in [1.29, 1.82) is 0 Å². The first-order valence-electron chi connectivity index (χ1n) is 9.09. The molecule has 0 amide bonds. The summed E-state index contributed by atoms with van der Waals surface area (Å²) < 4.78 is 32.2. The van der Waals surface area contributed by atoms with E-state index >= 15 is 0 Å². The second-order valence-corrected chi connectivity index (χ2v) is 9.71. The molecule has 0 saturated carbocycles. The molecule has 0 spiro atoms. The maximum atomic E-state index is 12.3. The van der Waals surface area contributed by atoms with Gasteiger partial charge < -0.3 is 4.52 Å². The number of hydrogen-bond acceptors (Lipinski definition) is 5. The van der Waals surface area contributed by atoms with Gasteiger partial charge in [0.15, 0.2) is 0 Å². The van der Waals surface area contributed by atoms with Gasteiger partial charge in [-0.3, -0.25) is 0 Å². The molecule has 1 heterocycles. The summed E-state index contributed by atoms with van der Waals surface area (Å²) in [6.07, 6.45) is 0. The summed E-state index contributed by atoms with van der Waals surface area (Å²) in [6, 6.07) is 15.3. The van der Waals surface area contributed by atoms with Gasteiger partial charge in [0, 0.05) is 5.56 Å². The van der Waals surface area contributed by atoms with Crippen molar-refractivity contribution in [2.75, 3.05) is 0 Å². The molecule has 0 aliphatic rings. The SMILES string of the molecule is Cc1ccc(CS(=O)(=O)NCc2nc(-c3ccc(C(C)(C)C)cc3)no2)cc1. The van der Waals surface area contributed by atoms with Crippen LogP contribution in [0.4, 0.5) is 0 Å². The molecule has 0 saturated heterocycles. The Hall–Kier alpha value is -2.51. The fraction of sp³-hybridized carbons (Fsp3) is 0.333. The number of aryl methyl sites for hydroxylation is 1. The van der Waals surface area contributed by atoms with Crippen LogP contribution < -0.4 is 4.72 Å². The lowest BCUT2D eigenvalue weighted by Crippen LogP contribution is -2.24. The van der Waals surface area contributed by atoms with Gasteiger partial charge in [0.05, 0.1) is 12.3 Å². The van der Waals surface area contributed by atoms with Crippen LogP contribution in [0.3, 0.4) is 0 Å². The van der Waals surface area contributed by atoms with Gasteiger partial charge in [0.25, 0.3) is 0 Å². The molecule has 0 unspecified atom stereocenters. The number of aromatic nitrogens is 2. The number of nitrogens with zero attached hydrogens (tertiary/aromatic N) is 2. The van der Waals surface area contributed by atoms with Crippen LogP contribution in [0.5, 0.6) is 0 Å². The molecule has 1 N–H and O–H groups in total. The fourth-order valence-electron chi connectivity index (χ4n) is 2.69. The zero-order chi connectivity index (χ0) is 20.4. The smallest absolute Gasteiger partial charge is 0.242 e. The predicted molar refractivity (Wildman–Crippen MR) is 109 cm³/mol. The molecule has 0 bridgehead atoms. The lowest BCUT2D eigenvalue weighted by Gasteiger charge is -2.18. The molecule has 0 aliphatic heterocycles. The van der Waals surface area contributed by atoms with Crippen molar-refractivity contribution >= 4 is 10.0 Å². The minimum absolute atomic E-state index is 0.0404. The van der Waals surface area contributed by atoms with Crippen LogP contribution in [0, 0.1) is 6.92 Å². The maximum Gasteiger partial charge on any atom is 0.242 e. The Balaban J connectivity index is 1.63. The van der Waals surface area contributed by atoms with Crippen LogP contribution in [0.15, 0.2) is 53.1 Å². The van der Waals surface area contributed by atoms with E-state index in [-0.39, 0.29) is 23.6 Å². The highest BCUT2D eigenvalue weighted by Crippen LogP contribution is 2.25. The van der Waals surface area contributed by atoms with Gasteiger partial charge in [-0.25, -0.2) is 13.1 Å². The largest absolute Gasteiger partial charge is 0.338 e. The molecule has 3 aromatic rings. The summed E-state index contributed by atoms with van der Waals surface area (Å²) in [5, 5.41) is 3.95. The van der Waals surface area contributed by atoms with Crippen LogP contribution in [0.25, 0.3) is 11.4 Å². The topological polar surface area (TPSA) is 85.1 Å². The second-order valence-electron chi connectivity index (χ2n) is 7.90. The second kappa shape index (κ2) is 7.85. The molecule has 0 fully saturated rings. The summed E-state index contributed by atoms with van der Waals surface area (Å²) in [4.78, 5) is 4.29. The molecular weight excluding hydrogens is 374 g/mol. The Morgan fingerprint density at radius 2 is 1.64 bits per heavy atom. The first kappa shape index (κ1) is 20.2. The zero-order valence-electron chi connectivity index (χ0n) is 16.6. The molecule has 0 radical (unpaired) electrons. The summed E-state index contributed by atoms with van der Waals surface area (Å²) in [5.74, 6) is 0.568. The highest BCUT2D eigenvalue weighted by Gasteiger charge is 2.16. The summed E-state index contributed by atoms with van der Waals surface area (Å²) in [5.41, 5.74) is 3.91. The number of benzene rings is 2. The van der Waals surface area contributed by atoms with E-state index in [1.54, 1.807) is 12.1 Å². The minimum Gasteiger partial charge on any atom is -0.338 e. The van der Waals surface area contributed by atoms with E-state index in [1.165, 1.54) is 5.56 Å². The van der Waals surface area contributed by atoms with E-state index < -0.39 is 10.0 Å². The number of nitrogens with one attached hydrogen (secondary N) is 1. The third kappa shape index (κ3) is 5.27. The molecular formula is C21H25N3O3S. The van der Waals surface area contributed by atoms with Gasteiger partial charge in [-0.1, -0.05) is 80.0 Å². The first-order chi connectivity index (χ1) is 13.1. The lowest BCUT2D eigenvalue weighted by molar-refractivity contribution is 0.376. The van der Waals surface area contributed by atoms with Crippen LogP contribution in [-0.2, 0) is 27.7 Å². The first-order valence-corrected chi connectivity index (χ1v) is 10.7. The lowest BCUT2D eigenvalue weighted by atomic mass is 9.87. The Morgan fingerprint density at radius 1 is 1.00 bits per heavy atom. The quantitative estimate of drug-likeness (QED) is 0.678. The van der Waals surface area contributed by atoms with Crippen LogP contribution in [0.1, 0.15) is 43.4 Å². The average molecular weight is 400 g/mol. The van der Waals surface area contributed by atoms with Crippen LogP contribution >= 0.6 is 0 Å². The fourth-order valence-corrected chi connectivity index (χ4v) is 3.77. The Kier molecular flexibility index (Phi) is 5.67. The van der Waals surface area contributed by atoms with E-state index in [0.717, 1.165) is 16.7 Å². The minimum atomic E-state index is -3.50. The van der Waals surface area contributed by atoms with Gasteiger partial charge in [0.2, 0.25) is 21.7 Å². The van der Waals surface area contributed by atoms with Gasteiger partial charge >= 0.3 is 0 Å². The van der Waals surface area contributed by atoms with Gasteiger partial charge in [-0.15, -0.1) is 0 Å². The Bertz CT molecular complexity index is 1030. The molecule has 2 aromatic carbocycles. The molecule has 6 nitrogen and oxygen atoms in total. The molecule has 28 heavy (non-hydrogen) atoms. The van der Waals surface area contributed by atoms with Crippen LogP contribution in [0.2, 0.25) is 0 Å². The number of sulfonamides is 1. The Labute approximate surface area is 166 Å². The van der Waals surface area contributed by atoms with E-state index in [9.17, 15) is 8.42 Å². The van der Waals surface area contributed by atoms with Crippen LogP contribution in [-0.4, -0.2) is 18.6 Å². The number of hydrogen-bond donors (Lipinski definition) is 1. The molecule has 3 rings (SSSR count). The van der Waals surface area contributed by atoms with Crippen molar-refractivity contribution in [2.45, 2.75) is 45.4 Å². The zero-order valence-corrected chi connectivity index (χ0v) is 17.4. The third-order valence-corrected chi connectivity index (χ3v) is 5.70. The van der Waals surface area contributed by atoms with Crippen molar-refractivity contribution in [2.24, 2.45) is 0 Å². The van der Waals surface area contributed by atoms with Gasteiger partial charge in [-0.05, 0) is 23.5 Å². The summed E-state index contributed by atoms with van der Waals surface area (Å²) >= 11 is 0. The van der Waals surface area contributed by atoms with E-state index in [4.69, 9.17) is 4.52 Å². The van der Waals surface area contributed by atoms with Gasteiger partial charge in [0.1, 0.15) is 0 Å². The van der Waals surface area contributed by atoms with Crippen molar-refractivity contribution < 1.29 is 12.9 Å². The van der Waals surface area contributed by atoms with Gasteiger partial charge in [-0.2, -0.15) is 4.98 Å². The van der Waals surface area contributed by atoms with E-state index in [0.29, 0.717) is 5.82 Å². The monoisotopic (exact) mass is 399 g/mol. The van der Waals surface area contributed by atoms with E-state index in [2.05, 4.69) is 35.6 Å². The molecule has 7 heteroatoms. The highest BCUT2D eigenvalue weighted by atomic mass is 32.2. The highest BCUT2D eigenvalue weighted by molar-refractivity contribution is 7.88. The van der Waals surface area contributed by atoms with Crippen molar-refractivity contribution in [3.8, 4) is 11.4 Å². The molecule has 148 valence electrons. The molecule has 0 atom stereocenters. The van der Waals surface area contributed by atoms with Crippen molar-refractivity contribution in [3.63, 3.8) is 0 Å². The molecule has 1 aromatic heterocycles. The third-order valence-electron chi connectivity index (χ3n) is 4.40. The maximum absolute atomic E-state index is 12.3. The normalized spacial score (nSPS) is 12.3. The molecule has 0 aliphatic carbocycles. The summed E-state index contributed by atoms with van der Waals surface area (Å²) in [6.45, 7) is 8.37. The average Bonchev–Trinajstić information content (AvgIpc) is 3.10. The standard InChI is InChI=1S/C21H25N3O3S/c1-15-5-7-16(8-6-15)14-28(25,26)22-13-19-23-20(24-27-19)17-9-11-18(12-10-17)21(2,3)4/h5-12,22H,13-14H2,1-4H3.